The Hall–Kier alpha value is -3.60. The third-order valence-electron chi connectivity index (χ3n) is 5.68. The molecule has 32 heavy (non-hydrogen) atoms. The topological polar surface area (TPSA) is 55.8 Å². The third-order valence-corrected chi connectivity index (χ3v) is 5.68. The number of rotatable bonds is 8. The van der Waals surface area contributed by atoms with Crippen LogP contribution in [0.4, 0.5) is 0 Å². The molecule has 1 fully saturated rings. The van der Waals surface area contributed by atoms with E-state index >= 15 is 0 Å². The Morgan fingerprint density at radius 1 is 0.750 bits per heavy atom. The van der Waals surface area contributed by atoms with Crippen LogP contribution < -0.4 is 9.47 Å². The lowest BCUT2D eigenvalue weighted by Gasteiger charge is -2.31. The lowest BCUT2D eigenvalue weighted by Crippen LogP contribution is -2.40. The van der Waals surface area contributed by atoms with E-state index in [0.29, 0.717) is 50.5 Å². The second-order valence-corrected chi connectivity index (χ2v) is 7.80. The van der Waals surface area contributed by atoms with E-state index in [4.69, 9.17) is 9.47 Å². The molecule has 0 aliphatic carbocycles. The quantitative estimate of drug-likeness (QED) is 0.378. The molecule has 0 atom stereocenters. The Morgan fingerprint density at radius 3 is 2.06 bits per heavy atom. The van der Waals surface area contributed by atoms with Gasteiger partial charge in [0.1, 0.15) is 24.7 Å². The lowest BCUT2D eigenvalue weighted by atomic mass is 9.88. The van der Waals surface area contributed by atoms with Gasteiger partial charge in [-0.05, 0) is 37.1 Å². The van der Waals surface area contributed by atoms with E-state index < -0.39 is 0 Å². The summed E-state index contributed by atoms with van der Waals surface area (Å²) in [5, 5.41) is 0. The smallest absolute Gasteiger partial charge is 0.257 e. The zero-order valence-corrected chi connectivity index (χ0v) is 18.0. The number of nitrogens with zero attached hydrogens (tertiary/aromatic N) is 1. The normalized spacial score (nSPS) is 14.1. The molecule has 0 unspecified atom stereocenters. The number of ketones is 1. The summed E-state index contributed by atoms with van der Waals surface area (Å²) in [6.45, 7) is 1.85. The van der Waals surface area contributed by atoms with Crippen molar-refractivity contribution >= 4 is 11.7 Å². The lowest BCUT2D eigenvalue weighted by molar-refractivity contribution is 0.0646. The van der Waals surface area contributed by atoms with E-state index in [9.17, 15) is 9.59 Å². The van der Waals surface area contributed by atoms with Crippen LogP contribution >= 0.6 is 0 Å². The zero-order valence-electron chi connectivity index (χ0n) is 18.0. The summed E-state index contributed by atoms with van der Waals surface area (Å²) in [4.78, 5) is 27.7. The average molecular weight is 430 g/mol. The standard InChI is InChI=1S/C27H27NO4/c29-26(21-9-3-1-4-10-21)22-15-17-28(18-16-22)27(30)24-13-7-8-14-25(24)32-20-19-31-23-11-5-2-6-12-23/h1-14,22H,15-20H2. The number of benzene rings is 3. The predicted octanol–water partition coefficient (Wildman–Crippen LogP) is 4.88. The maximum Gasteiger partial charge on any atom is 0.257 e. The number of carbonyl (C=O) groups excluding carboxylic acids is 2. The van der Waals surface area contributed by atoms with Gasteiger partial charge in [-0.1, -0.05) is 60.7 Å². The van der Waals surface area contributed by atoms with E-state index in [-0.39, 0.29) is 17.6 Å². The predicted molar refractivity (Wildman–Crippen MR) is 123 cm³/mol. The van der Waals surface area contributed by atoms with Crippen LogP contribution in [0.5, 0.6) is 11.5 Å². The fraction of sp³-hybridized carbons (Fsp3) is 0.259. The number of para-hydroxylation sites is 2. The molecule has 0 spiro atoms. The molecular formula is C27H27NO4. The summed E-state index contributed by atoms with van der Waals surface area (Å²) in [5.74, 6) is 1.41. The Labute approximate surface area is 188 Å². The second kappa shape index (κ2) is 10.6. The summed E-state index contributed by atoms with van der Waals surface area (Å²) in [6, 6.07) is 26.2. The van der Waals surface area contributed by atoms with E-state index in [1.54, 1.807) is 12.1 Å². The average Bonchev–Trinajstić information content (AvgIpc) is 2.87. The maximum atomic E-state index is 13.2. The van der Waals surface area contributed by atoms with Crippen molar-refractivity contribution in [3.8, 4) is 11.5 Å². The van der Waals surface area contributed by atoms with Gasteiger partial charge in [-0.15, -0.1) is 0 Å². The zero-order chi connectivity index (χ0) is 22.2. The monoisotopic (exact) mass is 429 g/mol. The molecule has 1 aliphatic heterocycles. The Bertz CT molecular complexity index is 1030. The molecule has 5 heteroatoms. The van der Waals surface area contributed by atoms with Gasteiger partial charge in [-0.2, -0.15) is 0 Å². The van der Waals surface area contributed by atoms with Crippen molar-refractivity contribution < 1.29 is 19.1 Å². The minimum absolute atomic E-state index is 0.0388. The molecule has 1 amide bonds. The highest BCUT2D eigenvalue weighted by Crippen LogP contribution is 2.26. The molecule has 0 radical (unpaired) electrons. The third kappa shape index (κ3) is 5.35. The summed E-state index contributed by atoms with van der Waals surface area (Å²) in [6.07, 6.45) is 1.35. The van der Waals surface area contributed by atoms with Crippen LogP contribution in [0.1, 0.15) is 33.6 Å². The first kappa shape index (κ1) is 21.6. The van der Waals surface area contributed by atoms with Crippen LogP contribution in [0.2, 0.25) is 0 Å². The highest BCUT2D eigenvalue weighted by Gasteiger charge is 2.29. The number of piperidine rings is 1. The van der Waals surface area contributed by atoms with Crippen LogP contribution in [-0.2, 0) is 0 Å². The summed E-state index contributed by atoms with van der Waals surface area (Å²) in [7, 11) is 0. The molecule has 1 aliphatic rings. The molecule has 0 N–H and O–H groups in total. The van der Waals surface area contributed by atoms with Crippen molar-refractivity contribution in [1.82, 2.24) is 4.90 Å². The Kier molecular flexibility index (Phi) is 7.18. The van der Waals surface area contributed by atoms with Gasteiger partial charge in [-0.3, -0.25) is 9.59 Å². The van der Waals surface area contributed by atoms with Crippen LogP contribution in [-0.4, -0.2) is 42.9 Å². The Balaban J connectivity index is 1.31. The second-order valence-electron chi connectivity index (χ2n) is 7.80. The van der Waals surface area contributed by atoms with Crippen LogP contribution in [0.15, 0.2) is 84.9 Å². The molecule has 1 heterocycles. The van der Waals surface area contributed by atoms with Crippen molar-refractivity contribution in [3.05, 3.63) is 96.1 Å². The van der Waals surface area contributed by atoms with Crippen molar-refractivity contribution in [2.45, 2.75) is 12.8 Å². The number of hydrogen-bond donors (Lipinski definition) is 0. The number of ether oxygens (including phenoxy) is 2. The molecular weight excluding hydrogens is 402 g/mol. The van der Waals surface area contributed by atoms with Gasteiger partial charge in [0.15, 0.2) is 5.78 Å². The van der Waals surface area contributed by atoms with Gasteiger partial charge in [0, 0.05) is 24.6 Å². The largest absolute Gasteiger partial charge is 0.490 e. The molecule has 1 saturated heterocycles. The number of hydrogen-bond acceptors (Lipinski definition) is 4. The Morgan fingerprint density at radius 2 is 1.34 bits per heavy atom. The molecule has 3 aromatic rings. The van der Waals surface area contributed by atoms with Crippen LogP contribution in [0, 0.1) is 5.92 Å². The van der Waals surface area contributed by atoms with E-state index in [2.05, 4.69) is 0 Å². The van der Waals surface area contributed by atoms with Crippen molar-refractivity contribution in [1.29, 1.82) is 0 Å². The first-order valence-corrected chi connectivity index (χ1v) is 11.0. The molecule has 5 nitrogen and oxygen atoms in total. The van der Waals surface area contributed by atoms with Gasteiger partial charge in [0.2, 0.25) is 0 Å². The molecule has 0 bridgehead atoms. The van der Waals surface area contributed by atoms with Gasteiger partial charge >= 0.3 is 0 Å². The van der Waals surface area contributed by atoms with Crippen molar-refractivity contribution in [2.24, 2.45) is 5.92 Å². The van der Waals surface area contributed by atoms with Gasteiger partial charge in [0.05, 0.1) is 5.56 Å². The van der Waals surface area contributed by atoms with Gasteiger partial charge in [0.25, 0.3) is 5.91 Å². The fourth-order valence-corrected chi connectivity index (χ4v) is 3.95. The molecule has 0 saturated carbocycles. The number of likely N-dealkylation sites (tertiary alicyclic amines) is 1. The molecule has 3 aromatic carbocycles. The summed E-state index contributed by atoms with van der Waals surface area (Å²) < 4.78 is 11.5. The van der Waals surface area contributed by atoms with Crippen molar-refractivity contribution in [3.63, 3.8) is 0 Å². The summed E-state index contributed by atoms with van der Waals surface area (Å²) >= 11 is 0. The van der Waals surface area contributed by atoms with E-state index in [1.807, 2.05) is 77.7 Å². The van der Waals surface area contributed by atoms with Crippen LogP contribution in [0.25, 0.3) is 0 Å². The number of Topliss-reactive ketones (excluding diaryl/α,β-unsaturated/α-hetero) is 1. The van der Waals surface area contributed by atoms with E-state index in [0.717, 1.165) is 11.3 Å². The SMILES string of the molecule is O=C(c1ccccc1)C1CCN(C(=O)c2ccccc2OCCOc2ccccc2)CC1. The van der Waals surface area contributed by atoms with Gasteiger partial charge < -0.3 is 14.4 Å². The van der Waals surface area contributed by atoms with Crippen LogP contribution in [0.3, 0.4) is 0 Å². The number of amides is 1. The molecule has 164 valence electrons. The first-order chi connectivity index (χ1) is 15.7. The molecule has 4 rings (SSSR count). The highest BCUT2D eigenvalue weighted by atomic mass is 16.5. The maximum absolute atomic E-state index is 13.2. The van der Waals surface area contributed by atoms with Crippen molar-refractivity contribution in [2.75, 3.05) is 26.3 Å². The minimum Gasteiger partial charge on any atom is -0.490 e. The molecule has 0 aromatic heterocycles. The number of carbonyl (C=O) groups is 2. The minimum atomic E-state index is -0.0600. The first-order valence-electron chi connectivity index (χ1n) is 11.0. The fourth-order valence-electron chi connectivity index (χ4n) is 3.95. The summed E-state index contributed by atoms with van der Waals surface area (Å²) in [5.41, 5.74) is 1.29. The highest BCUT2D eigenvalue weighted by molar-refractivity contribution is 5.99. The van der Waals surface area contributed by atoms with E-state index in [1.165, 1.54) is 0 Å². The van der Waals surface area contributed by atoms with Gasteiger partial charge in [-0.25, -0.2) is 0 Å².